The third kappa shape index (κ3) is 3.31. The van der Waals surface area contributed by atoms with Gasteiger partial charge in [0.2, 0.25) is 10.0 Å². The molecule has 1 aromatic rings. The highest BCUT2D eigenvalue weighted by atomic mass is 35.5. The van der Waals surface area contributed by atoms with E-state index < -0.39 is 10.0 Å². The highest BCUT2D eigenvalue weighted by Gasteiger charge is 2.45. The maximum absolute atomic E-state index is 12.3. The van der Waals surface area contributed by atoms with Crippen molar-refractivity contribution in [2.45, 2.75) is 25.2 Å². The van der Waals surface area contributed by atoms with Gasteiger partial charge in [-0.05, 0) is 29.9 Å². The molecule has 20 heavy (non-hydrogen) atoms. The van der Waals surface area contributed by atoms with Crippen molar-refractivity contribution in [3.05, 3.63) is 28.8 Å². The lowest BCUT2D eigenvalue weighted by Gasteiger charge is -2.10. The Morgan fingerprint density at radius 2 is 2.15 bits per heavy atom. The summed E-state index contributed by atoms with van der Waals surface area (Å²) in [6, 6.07) is 4.50. The number of benzene rings is 1. The molecule has 1 aliphatic rings. The molecule has 0 bridgehead atoms. The van der Waals surface area contributed by atoms with Gasteiger partial charge < -0.3 is 5.73 Å². The normalized spacial score (nSPS) is 20.6. The third-order valence-corrected chi connectivity index (χ3v) is 5.88. The second-order valence-corrected chi connectivity index (χ2v) is 8.33. The Bertz CT molecular complexity index is 656. The van der Waals surface area contributed by atoms with Crippen LogP contribution in [0, 0.1) is 11.3 Å². The van der Waals surface area contributed by atoms with Gasteiger partial charge in [0, 0.05) is 12.1 Å². The minimum Gasteiger partial charge on any atom is -0.389 e. The van der Waals surface area contributed by atoms with Gasteiger partial charge in [0.15, 0.2) is 0 Å². The SMILES string of the molecule is CC1(C)CC1CNS(=O)(=O)c1cc(C(N)=S)ccc1Cl. The highest BCUT2D eigenvalue weighted by molar-refractivity contribution is 7.89. The van der Waals surface area contributed by atoms with E-state index in [0.29, 0.717) is 18.0 Å². The van der Waals surface area contributed by atoms with Crippen molar-refractivity contribution < 1.29 is 8.42 Å². The van der Waals surface area contributed by atoms with Crippen LogP contribution < -0.4 is 10.5 Å². The fourth-order valence-electron chi connectivity index (χ4n) is 2.08. The molecule has 0 spiro atoms. The first kappa shape index (κ1) is 15.7. The summed E-state index contributed by atoms with van der Waals surface area (Å²) in [7, 11) is -3.65. The zero-order valence-corrected chi connectivity index (χ0v) is 13.7. The molecule has 0 heterocycles. The zero-order chi connectivity index (χ0) is 15.1. The fraction of sp³-hybridized carbons (Fsp3) is 0.462. The Balaban J connectivity index is 2.20. The number of nitrogens with two attached hydrogens (primary N) is 1. The summed E-state index contributed by atoms with van der Waals surface area (Å²) in [6.07, 6.45) is 1.02. The third-order valence-electron chi connectivity index (χ3n) is 3.74. The van der Waals surface area contributed by atoms with Crippen LogP contribution in [0.4, 0.5) is 0 Å². The van der Waals surface area contributed by atoms with Crippen LogP contribution in [0.25, 0.3) is 0 Å². The number of sulfonamides is 1. The minimum atomic E-state index is -3.65. The Hall–Kier alpha value is -0.690. The lowest BCUT2D eigenvalue weighted by Crippen LogP contribution is -2.27. The summed E-state index contributed by atoms with van der Waals surface area (Å²) in [5, 5.41) is 0.160. The molecular weight excluding hydrogens is 316 g/mol. The van der Waals surface area contributed by atoms with Crippen LogP contribution in [0.5, 0.6) is 0 Å². The van der Waals surface area contributed by atoms with Crippen LogP contribution in [0.15, 0.2) is 23.1 Å². The zero-order valence-electron chi connectivity index (χ0n) is 11.3. The van der Waals surface area contributed by atoms with Gasteiger partial charge >= 0.3 is 0 Å². The molecule has 1 atom stereocenters. The quantitative estimate of drug-likeness (QED) is 0.811. The van der Waals surface area contributed by atoms with Gasteiger partial charge in [-0.25, -0.2) is 13.1 Å². The van der Waals surface area contributed by atoms with Gasteiger partial charge in [0.05, 0.1) is 5.02 Å². The summed E-state index contributed by atoms with van der Waals surface area (Å²) in [5.41, 5.74) is 6.22. The van der Waals surface area contributed by atoms with E-state index in [9.17, 15) is 8.42 Å². The molecular formula is C13H17ClN2O2S2. The first-order valence-electron chi connectivity index (χ1n) is 6.22. The van der Waals surface area contributed by atoms with E-state index >= 15 is 0 Å². The summed E-state index contributed by atoms with van der Waals surface area (Å²) in [4.78, 5) is 0.157. The molecule has 0 amide bonds. The van der Waals surface area contributed by atoms with E-state index in [2.05, 4.69) is 18.6 Å². The smallest absolute Gasteiger partial charge is 0.242 e. The van der Waals surface area contributed by atoms with Crippen molar-refractivity contribution in [3.63, 3.8) is 0 Å². The molecule has 1 fully saturated rings. The van der Waals surface area contributed by atoms with Crippen molar-refractivity contribution in [2.75, 3.05) is 6.54 Å². The van der Waals surface area contributed by atoms with Crippen LogP contribution in [0.3, 0.4) is 0 Å². The molecule has 0 aliphatic heterocycles. The topological polar surface area (TPSA) is 72.2 Å². The van der Waals surface area contributed by atoms with E-state index in [1.165, 1.54) is 12.1 Å². The number of nitrogens with one attached hydrogen (secondary N) is 1. The number of halogens is 1. The summed E-state index contributed by atoms with van der Waals surface area (Å²) in [6.45, 7) is 4.65. The fourth-order valence-corrected chi connectivity index (χ4v) is 3.81. The van der Waals surface area contributed by atoms with Crippen molar-refractivity contribution in [1.29, 1.82) is 0 Å². The van der Waals surface area contributed by atoms with E-state index in [-0.39, 0.29) is 20.3 Å². The Morgan fingerprint density at radius 3 is 2.65 bits per heavy atom. The number of hydrogen-bond acceptors (Lipinski definition) is 3. The second kappa shape index (κ2) is 5.26. The molecule has 1 saturated carbocycles. The average Bonchev–Trinajstić information content (AvgIpc) is 2.95. The van der Waals surface area contributed by atoms with Gasteiger partial charge in [-0.1, -0.05) is 43.7 Å². The minimum absolute atomic E-state index is 0.0166. The van der Waals surface area contributed by atoms with Gasteiger partial charge in [-0.3, -0.25) is 0 Å². The lowest BCUT2D eigenvalue weighted by atomic mass is 10.1. The van der Waals surface area contributed by atoms with Crippen LogP contribution in [-0.2, 0) is 10.0 Å². The number of hydrogen-bond donors (Lipinski definition) is 2. The summed E-state index contributed by atoms with van der Waals surface area (Å²) in [5.74, 6) is 0.370. The first-order chi connectivity index (χ1) is 9.13. The van der Waals surface area contributed by atoms with Gasteiger partial charge in [0.25, 0.3) is 0 Å². The molecule has 1 aromatic carbocycles. The lowest BCUT2D eigenvalue weighted by molar-refractivity contribution is 0.537. The molecule has 3 N–H and O–H groups in total. The summed E-state index contributed by atoms with van der Waals surface area (Å²) < 4.78 is 27.2. The largest absolute Gasteiger partial charge is 0.389 e. The molecule has 1 unspecified atom stereocenters. The summed E-state index contributed by atoms with van der Waals surface area (Å²) >= 11 is 10.8. The molecule has 0 radical (unpaired) electrons. The molecule has 110 valence electrons. The Morgan fingerprint density at radius 1 is 1.55 bits per heavy atom. The predicted molar refractivity (Wildman–Crippen MR) is 84.4 cm³/mol. The number of thiocarbonyl (C=S) groups is 1. The highest BCUT2D eigenvalue weighted by Crippen LogP contribution is 2.51. The monoisotopic (exact) mass is 332 g/mol. The Labute approximate surface area is 129 Å². The predicted octanol–water partition coefficient (Wildman–Crippen LogP) is 2.30. The van der Waals surface area contributed by atoms with E-state index in [1.54, 1.807) is 6.07 Å². The van der Waals surface area contributed by atoms with Crippen LogP contribution in [0.2, 0.25) is 5.02 Å². The van der Waals surface area contributed by atoms with Crippen molar-refractivity contribution >= 4 is 38.8 Å². The molecule has 4 nitrogen and oxygen atoms in total. The molecule has 0 aromatic heterocycles. The van der Waals surface area contributed by atoms with Gasteiger partial charge in [-0.15, -0.1) is 0 Å². The van der Waals surface area contributed by atoms with Crippen LogP contribution in [-0.4, -0.2) is 20.0 Å². The maximum Gasteiger partial charge on any atom is 0.242 e. The van der Waals surface area contributed by atoms with Gasteiger partial charge in [0.1, 0.15) is 9.88 Å². The van der Waals surface area contributed by atoms with E-state index in [1.807, 2.05) is 0 Å². The van der Waals surface area contributed by atoms with E-state index in [0.717, 1.165) is 6.42 Å². The van der Waals surface area contributed by atoms with Crippen LogP contribution in [0.1, 0.15) is 25.8 Å². The first-order valence-corrected chi connectivity index (χ1v) is 8.49. The molecule has 0 saturated heterocycles. The van der Waals surface area contributed by atoms with Crippen LogP contribution >= 0.6 is 23.8 Å². The molecule has 2 rings (SSSR count). The average molecular weight is 333 g/mol. The second-order valence-electron chi connectivity index (χ2n) is 5.75. The van der Waals surface area contributed by atoms with Gasteiger partial charge in [-0.2, -0.15) is 0 Å². The van der Waals surface area contributed by atoms with Crippen molar-refractivity contribution in [2.24, 2.45) is 17.1 Å². The van der Waals surface area contributed by atoms with Crippen molar-refractivity contribution in [1.82, 2.24) is 4.72 Å². The van der Waals surface area contributed by atoms with E-state index in [4.69, 9.17) is 29.6 Å². The Kier molecular flexibility index (Phi) is 4.12. The maximum atomic E-state index is 12.3. The standard InChI is InChI=1S/C13H17ClN2O2S2/c1-13(2)6-9(13)7-16-20(17,18)11-5-8(12(15)19)3-4-10(11)14/h3-5,9,16H,6-7H2,1-2H3,(H2,15,19). The number of rotatable bonds is 5. The molecule has 1 aliphatic carbocycles. The van der Waals surface area contributed by atoms with Crippen molar-refractivity contribution in [3.8, 4) is 0 Å². The molecule has 7 heteroatoms.